The molecule has 0 aliphatic heterocycles. The lowest BCUT2D eigenvalue weighted by Gasteiger charge is -2.10. The number of hydrogen-bond acceptors (Lipinski definition) is 4. The van der Waals surface area contributed by atoms with Crippen molar-refractivity contribution in [2.24, 2.45) is 0 Å². The molecule has 2 aromatic rings. The molecule has 1 N–H and O–H groups in total. The van der Waals surface area contributed by atoms with Gasteiger partial charge in [0.05, 0.1) is 12.2 Å². The summed E-state index contributed by atoms with van der Waals surface area (Å²) in [4.78, 5) is 25.1. The van der Waals surface area contributed by atoms with Gasteiger partial charge in [0, 0.05) is 22.0 Å². The van der Waals surface area contributed by atoms with E-state index in [0.29, 0.717) is 29.3 Å². The first kappa shape index (κ1) is 20.3. The lowest BCUT2D eigenvalue weighted by Crippen LogP contribution is -2.13. The van der Waals surface area contributed by atoms with Crippen LogP contribution < -0.4 is 5.32 Å². The Bertz CT molecular complexity index is 762. The summed E-state index contributed by atoms with van der Waals surface area (Å²) in [6.45, 7) is 3.97. The van der Waals surface area contributed by atoms with Crippen molar-refractivity contribution in [1.82, 2.24) is 0 Å². The van der Waals surface area contributed by atoms with Crippen LogP contribution in [-0.2, 0) is 9.53 Å². The topological polar surface area (TPSA) is 55.4 Å². The van der Waals surface area contributed by atoms with E-state index in [-0.39, 0.29) is 11.9 Å². The number of rotatable bonds is 8. The SMILES string of the molecule is CCOC(=O)c1ccc(C)c(NC(=O)CCCSc2ccc(Cl)cc2)c1. The molecule has 0 saturated heterocycles. The number of ether oxygens (including phenoxy) is 1. The molecule has 0 atom stereocenters. The van der Waals surface area contributed by atoms with E-state index in [1.54, 1.807) is 36.9 Å². The fourth-order valence-corrected chi connectivity index (χ4v) is 3.24. The molecule has 0 saturated carbocycles. The second-order valence-electron chi connectivity index (χ2n) is 5.70. The van der Waals surface area contributed by atoms with Crippen LogP contribution in [0.4, 0.5) is 5.69 Å². The van der Waals surface area contributed by atoms with E-state index in [1.807, 2.05) is 31.2 Å². The van der Waals surface area contributed by atoms with Gasteiger partial charge >= 0.3 is 5.97 Å². The van der Waals surface area contributed by atoms with E-state index >= 15 is 0 Å². The first-order chi connectivity index (χ1) is 12.5. The van der Waals surface area contributed by atoms with Gasteiger partial charge in [-0.15, -0.1) is 11.8 Å². The molecule has 4 nitrogen and oxygen atoms in total. The number of anilines is 1. The monoisotopic (exact) mass is 391 g/mol. The summed E-state index contributed by atoms with van der Waals surface area (Å²) < 4.78 is 4.99. The lowest BCUT2D eigenvalue weighted by molar-refractivity contribution is -0.116. The van der Waals surface area contributed by atoms with Crippen LogP contribution in [0.3, 0.4) is 0 Å². The van der Waals surface area contributed by atoms with Gasteiger partial charge < -0.3 is 10.1 Å². The fraction of sp³-hybridized carbons (Fsp3) is 0.300. The van der Waals surface area contributed by atoms with Crippen LogP contribution in [0.15, 0.2) is 47.4 Å². The van der Waals surface area contributed by atoms with Crippen molar-refractivity contribution < 1.29 is 14.3 Å². The zero-order valence-corrected chi connectivity index (χ0v) is 16.5. The summed E-state index contributed by atoms with van der Waals surface area (Å²) in [6, 6.07) is 12.8. The largest absolute Gasteiger partial charge is 0.462 e. The number of halogens is 1. The van der Waals surface area contributed by atoms with Gasteiger partial charge in [-0.05, 0) is 68.0 Å². The highest BCUT2D eigenvalue weighted by Gasteiger charge is 2.11. The number of nitrogens with one attached hydrogen (secondary N) is 1. The molecule has 2 rings (SSSR count). The zero-order chi connectivity index (χ0) is 18.9. The van der Waals surface area contributed by atoms with Gasteiger partial charge in [-0.25, -0.2) is 4.79 Å². The second-order valence-corrected chi connectivity index (χ2v) is 7.31. The normalized spacial score (nSPS) is 10.4. The molecule has 0 heterocycles. The molecule has 0 radical (unpaired) electrons. The third-order valence-electron chi connectivity index (χ3n) is 3.65. The zero-order valence-electron chi connectivity index (χ0n) is 14.9. The molecule has 2 aromatic carbocycles. The summed E-state index contributed by atoms with van der Waals surface area (Å²) >= 11 is 7.55. The summed E-state index contributed by atoms with van der Waals surface area (Å²) in [6.07, 6.45) is 1.18. The van der Waals surface area contributed by atoms with Crippen LogP contribution >= 0.6 is 23.4 Å². The van der Waals surface area contributed by atoms with Crippen LogP contribution in [-0.4, -0.2) is 24.2 Å². The third kappa shape index (κ3) is 6.39. The number of carbonyl (C=O) groups excluding carboxylic acids is 2. The predicted octanol–water partition coefficient (Wildman–Crippen LogP) is 5.34. The van der Waals surface area contributed by atoms with Crippen molar-refractivity contribution in [2.75, 3.05) is 17.7 Å². The van der Waals surface area contributed by atoms with E-state index in [1.165, 1.54) is 0 Å². The van der Waals surface area contributed by atoms with Gasteiger partial charge in [-0.3, -0.25) is 4.79 Å². The Kier molecular flexibility index (Phi) is 8.01. The van der Waals surface area contributed by atoms with Gasteiger partial charge in [0.2, 0.25) is 5.91 Å². The van der Waals surface area contributed by atoms with Crippen molar-refractivity contribution >= 4 is 40.9 Å². The molecular formula is C20H22ClNO3S. The van der Waals surface area contributed by atoms with E-state index in [2.05, 4.69) is 5.32 Å². The maximum atomic E-state index is 12.2. The Morgan fingerprint density at radius 2 is 1.88 bits per heavy atom. The Morgan fingerprint density at radius 1 is 1.15 bits per heavy atom. The molecule has 138 valence electrons. The van der Waals surface area contributed by atoms with Gasteiger partial charge in [-0.1, -0.05) is 17.7 Å². The van der Waals surface area contributed by atoms with Crippen LogP contribution in [0.2, 0.25) is 5.02 Å². The number of esters is 1. The number of carbonyl (C=O) groups is 2. The molecule has 0 aliphatic carbocycles. The van der Waals surface area contributed by atoms with Crippen molar-refractivity contribution in [3.05, 3.63) is 58.6 Å². The predicted molar refractivity (Wildman–Crippen MR) is 107 cm³/mol. The van der Waals surface area contributed by atoms with E-state index < -0.39 is 0 Å². The maximum absolute atomic E-state index is 12.2. The number of hydrogen-bond donors (Lipinski definition) is 1. The van der Waals surface area contributed by atoms with Gasteiger partial charge in [0.25, 0.3) is 0 Å². The molecule has 6 heteroatoms. The number of thioether (sulfide) groups is 1. The first-order valence-corrected chi connectivity index (χ1v) is 9.82. The van der Waals surface area contributed by atoms with Gasteiger partial charge in [0.1, 0.15) is 0 Å². The number of aryl methyl sites for hydroxylation is 1. The van der Waals surface area contributed by atoms with Crippen LogP contribution in [0, 0.1) is 6.92 Å². The minimum absolute atomic E-state index is 0.0641. The maximum Gasteiger partial charge on any atom is 0.338 e. The van der Waals surface area contributed by atoms with Gasteiger partial charge in [0.15, 0.2) is 0 Å². The Hall–Kier alpha value is -1.98. The first-order valence-electron chi connectivity index (χ1n) is 8.45. The van der Waals surface area contributed by atoms with E-state index in [0.717, 1.165) is 22.6 Å². The average Bonchev–Trinajstić information content (AvgIpc) is 2.62. The Labute approximate surface area is 163 Å². The highest BCUT2D eigenvalue weighted by atomic mass is 35.5. The molecular weight excluding hydrogens is 370 g/mol. The summed E-state index contributed by atoms with van der Waals surface area (Å²) in [7, 11) is 0. The highest BCUT2D eigenvalue weighted by Crippen LogP contribution is 2.22. The minimum atomic E-state index is -0.387. The molecule has 0 bridgehead atoms. The standard InChI is InChI=1S/C20H22ClNO3S/c1-3-25-20(24)15-7-6-14(2)18(13-15)22-19(23)5-4-12-26-17-10-8-16(21)9-11-17/h6-11,13H,3-5,12H2,1-2H3,(H,22,23). The van der Waals surface area contributed by atoms with Crippen molar-refractivity contribution in [1.29, 1.82) is 0 Å². The average molecular weight is 392 g/mol. The highest BCUT2D eigenvalue weighted by molar-refractivity contribution is 7.99. The number of amides is 1. The smallest absolute Gasteiger partial charge is 0.338 e. The van der Waals surface area contributed by atoms with Crippen molar-refractivity contribution in [3.63, 3.8) is 0 Å². The molecule has 0 spiro atoms. The quantitative estimate of drug-likeness (QED) is 0.375. The molecule has 1 amide bonds. The van der Waals surface area contributed by atoms with Crippen LogP contribution in [0.5, 0.6) is 0 Å². The fourth-order valence-electron chi connectivity index (χ4n) is 2.26. The molecule has 26 heavy (non-hydrogen) atoms. The third-order valence-corrected chi connectivity index (χ3v) is 5.00. The summed E-state index contributed by atoms with van der Waals surface area (Å²) in [5, 5.41) is 3.60. The number of benzene rings is 2. The Balaban J connectivity index is 1.82. The summed E-state index contributed by atoms with van der Waals surface area (Å²) in [5.74, 6) is 0.393. The van der Waals surface area contributed by atoms with Crippen LogP contribution in [0.25, 0.3) is 0 Å². The summed E-state index contributed by atoms with van der Waals surface area (Å²) in [5.41, 5.74) is 1.99. The van der Waals surface area contributed by atoms with Crippen molar-refractivity contribution in [3.8, 4) is 0 Å². The van der Waals surface area contributed by atoms with E-state index in [4.69, 9.17) is 16.3 Å². The van der Waals surface area contributed by atoms with Crippen LogP contribution in [0.1, 0.15) is 35.7 Å². The minimum Gasteiger partial charge on any atom is -0.462 e. The molecule has 0 aromatic heterocycles. The van der Waals surface area contributed by atoms with E-state index in [9.17, 15) is 9.59 Å². The second kappa shape index (κ2) is 10.2. The molecule has 0 aliphatic rings. The lowest BCUT2D eigenvalue weighted by atomic mass is 10.1. The molecule has 0 unspecified atom stereocenters. The van der Waals surface area contributed by atoms with Gasteiger partial charge in [-0.2, -0.15) is 0 Å². The Morgan fingerprint density at radius 3 is 2.58 bits per heavy atom. The van der Waals surface area contributed by atoms with Crippen molar-refractivity contribution in [2.45, 2.75) is 31.6 Å². The molecule has 0 fully saturated rings.